The van der Waals surface area contributed by atoms with Crippen LogP contribution in [-0.4, -0.2) is 48.2 Å². The molecule has 2 N–H and O–H groups in total. The minimum Gasteiger partial charge on any atom is -0.459 e. The van der Waals surface area contributed by atoms with Gasteiger partial charge in [-0.1, -0.05) is 85.8 Å². The zero-order chi connectivity index (χ0) is 25.1. The monoisotopic (exact) mass is 482 g/mol. The lowest BCUT2D eigenvalue weighted by Crippen LogP contribution is -2.39. The van der Waals surface area contributed by atoms with Crippen molar-refractivity contribution in [2.24, 2.45) is 0 Å². The van der Waals surface area contributed by atoms with Crippen molar-refractivity contribution in [2.75, 3.05) is 13.7 Å². The molecule has 0 spiro atoms. The topological polar surface area (TPSA) is 85.2 Å². The fourth-order valence-electron chi connectivity index (χ4n) is 3.62. The summed E-state index contributed by atoms with van der Waals surface area (Å²) in [6, 6.07) is 19.8. The Kier molecular flexibility index (Phi) is 14.4. The number of rotatable bonds is 16. The summed E-state index contributed by atoms with van der Waals surface area (Å²) in [7, 11) is 1.28. The van der Waals surface area contributed by atoms with E-state index < -0.39 is 24.3 Å². The first-order valence-corrected chi connectivity index (χ1v) is 12.3. The molecule has 0 heterocycles. The van der Waals surface area contributed by atoms with E-state index in [1.165, 1.54) is 12.7 Å². The minimum atomic E-state index is -1.03. The lowest BCUT2D eigenvalue weighted by Gasteiger charge is -2.27. The molecule has 6 nitrogen and oxygen atoms in total. The van der Waals surface area contributed by atoms with E-state index in [0.717, 1.165) is 31.2 Å². The van der Waals surface area contributed by atoms with Gasteiger partial charge in [0.25, 0.3) is 0 Å². The second-order valence-electron chi connectivity index (χ2n) is 8.47. The predicted molar refractivity (Wildman–Crippen MR) is 135 cm³/mol. The fourth-order valence-corrected chi connectivity index (χ4v) is 3.62. The molecule has 190 valence electrons. The second-order valence-corrected chi connectivity index (χ2v) is 8.47. The Labute approximate surface area is 209 Å². The van der Waals surface area contributed by atoms with Crippen LogP contribution in [0.25, 0.3) is 0 Å². The largest absolute Gasteiger partial charge is 0.459 e. The van der Waals surface area contributed by atoms with E-state index in [-0.39, 0.29) is 0 Å². The highest BCUT2D eigenvalue weighted by molar-refractivity contribution is 5.88. The highest BCUT2D eigenvalue weighted by Crippen LogP contribution is 2.18. The lowest BCUT2D eigenvalue weighted by atomic mass is 9.98. The molecule has 0 saturated carbocycles. The average Bonchev–Trinajstić information content (AvgIpc) is 2.90. The minimum absolute atomic E-state index is 0.322. The van der Waals surface area contributed by atoms with Crippen LogP contribution in [0.1, 0.15) is 56.1 Å². The first-order chi connectivity index (χ1) is 17.1. The number of benzene rings is 2. The molecule has 0 aliphatic rings. The van der Waals surface area contributed by atoms with Crippen molar-refractivity contribution >= 4 is 5.97 Å². The van der Waals surface area contributed by atoms with Gasteiger partial charge in [-0.15, -0.1) is 0 Å². The lowest BCUT2D eigenvalue weighted by molar-refractivity contribution is -0.133. The first-order valence-electron chi connectivity index (χ1n) is 12.3. The number of unbranched alkanes of at least 4 members (excludes halogenated alkanes) is 3. The Morgan fingerprint density at radius 3 is 2.14 bits per heavy atom. The Morgan fingerprint density at radius 2 is 1.49 bits per heavy atom. The molecule has 2 rings (SSSR count). The fraction of sp³-hybridized carbons (Fsp3) is 0.483. The molecule has 0 amide bonds. The Bertz CT molecular complexity index is 874. The number of carbonyl (C=O) groups is 1. The number of aliphatic hydroxyl groups excluding tert-OH is 2. The van der Waals surface area contributed by atoms with Gasteiger partial charge in [0, 0.05) is 18.9 Å². The van der Waals surface area contributed by atoms with Gasteiger partial charge in [0.05, 0.1) is 32.5 Å². The van der Waals surface area contributed by atoms with Crippen LogP contribution >= 0.6 is 0 Å². The van der Waals surface area contributed by atoms with E-state index in [1.54, 1.807) is 0 Å². The molecule has 2 aromatic carbocycles. The summed E-state index contributed by atoms with van der Waals surface area (Å²) in [5.74, 6) is 4.52. The zero-order valence-corrected chi connectivity index (χ0v) is 20.6. The molecule has 2 aromatic rings. The van der Waals surface area contributed by atoms with Crippen LogP contribution in [-0.2, 0) is 32.2 Å². The maximum atomic E-state index is 11.2. The van der Waals surface area contributed by atoms with E-state index >= 15 is 0 Å². The highest BCUT2D eigenvalue weighted by Gasteiger charge is 2.26. The smallest absolute Gasteiger partial charge is 0.384 e. The second kappa shape index (κ2) is 17.7. The number of esters is 1. The van der Waals surface area contributed by atoms with Crippen molar-refractivity contribution in [1.29, 1.82) is 0 Å². The van der Waals surface area contributed by atoms with Crippen molar-refractivity contribution in [2.45, 2.75) is 76.5 Å². The SMILES string of the molecule is COC(=O)C#CCC[C@@H](OCc1ccccc1)[C@@H](O)[C@H](O)CCCCCCOCc1ccccc1. The molecule has 6 heteroatoms. The standard InChI is InChI=1S/C29H38O6/c1-33-28(31)20-12-11-19-27(35-23-25-16-8-5-9-17-25)29(32)26(30)18-10-2-3-13-21-34-22-24-14-6-4-7-15-24/h4-9,14-17,26-27,29-30,32H,2-3,10-11,13,18-19,21-23H2,1H3/t26-,27-,29+/m1/s1. The van der Waals surface area contributed by atoms with Crippen molar-refractivity contribution < 1.29 is 29.2 Å². The Balaban J connectivity index is 1.69. The molecule has 0 unspecified atom stereocenters. The summed E-state index contributed by atoms with van der Waals surface area (Å²) in [4.78, 5) is 11.2. The first kappa shape index (κ1) is 28.5. The van der Waals surface area contributed by atoms with Gasteiger partial charge in [-0.25, -0.2) is 4.79 Å². The van der Waals surface area contributed by atoms with E-state index in [9.17, 15) is 15.0 Å². The van der Waals surface area contributed by atoms with Gasteiger partial charge in [-0.2, -0.15) is 0 Å². The van der Waals surface area contributed by atoms with Crippen LogP contribution in [0.15, 0.2) is 60.7 Å². The number of hydrogen-bond acceptors (Lipinski definition) is 6. The van der Waals surface area contributed by atoms with Gasteiger partial charge in [-0.3, -0.25) is 0 Å². The third-order valence-corrected chi connectivity index (χ3v) is 5.66. The van der Waals surface area contributed by atoms with Gasteiger partial charge >= 0.3 is 5.97 Å². The molecule has 0 radical (unpaired) electrons. The third-order valence-electron chi connectivity index (χ3n) is 5.66. The number of hydrogen-bond donors (Lipinski definition) is 2. The molecule has 0 aromatic heterocycles. The highest BCUT2D eigenvalue weighted by atomic mass is 16.5. The van der Waals surface area contributed by atoms with Gasteiger partial charge in [0.1, 0.15) is 6.10 Å². The number of carbonyl (C=O) groups excluding carboxylic acids is 1. The maximum absolute atomic E-state index is 11.2. The molecule has 0 aliphatic carbocycles. The van der Waals surface area contributed by atoms with Gasteiger partial charge in [0.15, 0.2) is 0 Å². The zero-order valence-electron chi connectivity index (χ0n) is 20.6. The normalized spacial score (nSPS) is 13.3. The molecular formula is C29H38O6. The number of methoxy groups -OCH3 is 1. The molecular weight excluding hydrogens is 444 g/mol. The van der Waals surface area contributed by atoms with Crippen LogP contribution in [0.3, 0.4) is 0 Å². The van der Waals surface area contributed by atoms with Gasteiger partial charge in [0.2, 0.25) is 0 Å². The summed E-state index contributed by atoms with van der Waals surface area (Å²) < 4.78 is 16.2. The van der Waals surface area contributed by atoms with Crippen LogP contribution in [0.2, 0.25) is 0 Å². The summed E-state index contributed by atoms with van der Waals surface area (Å²) in [6.45, 7) is 1.66. The predicted octanol–water partition coefficient (Wildman–Crippen LogP) is 4.42. The molecule has 0 bridgehead atoms. The maximum Gasteiger partial charge on any atom is 0.384 e. The molecule has 0 fully saturated rings. The third kappa shape index (κ3) is 12.5. The van der Waals surface area contributed by atoms with Crippen LogP contribution in [0, 0.1) is 11.8 Å². The van der Waals surface area contributed by atoms with E-state index in [0.29, 0.717) is 39.1 Å². The summed E-state index contributed by atoms with van der Waals surface area (Å²) in [5, 5.41) is 21.3. The Morgan fingerprint density at radius 1 is 0.857 bits per heavy atom. The quantitative estimate of drug-likeness (QED) is 0.159. The van der Waals surface area contributed by atoms with E-state index in [1.807, 2.05) is 48.5 Å². The van der Waals surface area contributed by atoms with Crippen molar-refractivity contribution in [1.82, 2.24) is 0 Å². The summed E-state index contributed by atoms with van der Waals surface area (Å²) >= 11 is 0. The number of aliphatic hydroxyl groups is 2. The van der Waals surface area contributed by atoms with Crippen LogP contribution in [0.5, 0.6) is 0 Å². The van der Waals surface area contributed by atoms with Crippen LogP contribution in [0.4, 0.5) is 0 Å². The van der Waals surface area contributed by atoms with E-state index in [2.05, 4.69) is 28.7 Å². The average molecular weight is 483 g/mol. The van der Waals surface area contributed by atoms with Crippen molar-refractivity contribution in [3.63, 3.8) is 0 Å². The Hall–Kier alpha value is -2.69. The van der Waals surface area contributed by atoms with Crippen LogP contribution < -0.4 is 0 Å². The molecule has 3 atom stereocenters. The molecule has 0 aliphatic heterocycles. The molecule has 35 heavy (non-hydrogen) atoms. The molecule has 0 saturated heterocycles. The van der Waals surface area contributed by atoms with Crippen molar-refractivity contribution in [3.8, 4) is 11.8 Å². The van der Waals surface area contributed by atoms with Crippen molar-refractivity contribution in [3.05, 3.63) is 71.8 Å². The van der Waals surface area contributed by atoms with Gasteiger partial charge < -0.3 is 24.4 Å². The number of ether oxygens (including phenoxy) is 3. The van der Waals surface area contributed by atoms with Gasteiger partial charge in [-0.05, 0) is 30.4 Å². The summed E-state index contributed by atoms with van der Waals surface area (Å²) in [5.41, 5.74) is 2.15. The van der Waals surface area contributed by atoms with E-state index in [4.69, 9.17) is 9.47 Å². The summed E-state index contributed by atoms with van der Waals surface area (Å²) in [6.07, 6.45) is 2.46.